The standard InChI is InChI=1S/C28H25N5O3S/c29-27(30)26-16-22-23(8-4-9-25(22)37-26)36-24(20-6-2-1-3-7-20)18-35-28(34)32-21-12-10-19(11-13-21)17-33-15-5-14-31-33/h1-16,24H,17-18H2,(H3,29,30)(H,32,34). The fraction of sp³-hybridized carbons (Fsp3) is 0.107. The van der Waals surface area contributed by atoms with Crippen molar-refractivity contribution < 1.29 is 14.3 Å². The quantitative estimate of drug-likeness (QED) is 0.171. The van der Waals surface area contributed by atoms with Crippen LogP contribution in [-0.2, 0) is 11.3 Å². The minimum Gasteiger partial charge on any atom is -0.481 e. The van der Waals surface area contributed by atoms with Gasteiger partial charge in [0.15, 0.2) is 6.10 Å². The third-order valence-electron chi connectivity index (χ3n) is 5.70. The van der Waals surface area contributed by atoms with Crippen molar-refractivity contribution in [1.82, 2.24) is 9.78 Å². The van der Waals surface area contributed by atoms with Crippen LogP contribution >= 0.6 is 11.3 Å². The molecule has 186 valence electrons. The zero-order chi connectivity index (χ0) is 25.6. The second-order valence-electron chi connectivity index (χ2n) is 8.33. The van der Waals surface area contributed by atoms with Crippen LogP contribution in [0.2, 0.25) is 0 Å². The first-order chi connectivity index (χ1) is 18.0. The molecule has 0 aliphatic rings. The number of aromatic nitrogens is 2. The summed E-state index contributed by atoms with van der Waals surface area (Å²) >= 11 is 1.43. The van der Waals surface area contributed by atoms with Crippen molar-refractivity contribution in [3.05, 3.63) is 113 Å². The van der Waals surface area contributed by atoms with Crippen LogP contribution in [0.3, 0.4) is 0 Å². The molecule has 8 nitrogen and oxygen atoms in total. The number of benzene rings is 3. The molecule has 9 heteroatoms. The molecule has 5 rings (SSSR count). The van der Waals surface area contributed by atoms with Gasteiger partial charge in [-0.15, -0.1) is 11.3 Å². The van der Waals surface area contributed by atoms with Gasteiger partial charge in [0.05, 0.1) is 11.4 Å². The second kappa shape index (κ2) is 11.0. The first-order valence-corrected chi connectivity index (χ1v) is 12.5. The van der Waals surface area contributed by atoms with Gasteiger partial charge in [-0.25, -0.2) is 4.79 Å². The Morgan fingerprint density at radius 1 is 1.05 bits per heavy atom. The van der Waals surface area contributed by atoms with Crippen LogP contribution in [0, 0.1) is 5.41 Å². The number of amides is 1. The minimum atomic E-state index is -0.572. The molecule has 1 atom stereocenters. The molecule has 37 heavy (non-hydrogen) atoms. The Balaban J connectivity index is 1.26. The molecule has 0 saturated heterocycles. The van der Waals surface area contributed by atoms with E-state index in [1.165, 1.54) is 11.3 Å². The predicted octanol–water partition coefficient (Wildman–Crippen LogP) is 5.80. The highest BCUT2D eigenvalue weighted by Gasteiger charge is 2.19. The molecule has 2 aromatic heterocycles. The third-order valence-corrected chi connectivity index (χ3v) is 6.83. The van der Waals surface area contributed by atoms with Crippen molar-refractivity contribution >= 4 is 39.0 Å². The molecule has 4 N–H and O–H groups in total. The Morgan fingerprint density at radius 2 is 1.86 bits per heavy atom. The van der Waals surface area contributed by atoms with Crippen molar-refractivity contribution in [1.29, 1.82) is 5.41 Å². The minimum absolute atomic E-state index is 0.00726. The van der Waals surface area contributed by atoms with Gasteiger partial charge in [0, 0.05) is 28.2 Å². The number of rotatable bonds is 9. The Morgan fingerprint density at radius 3 is 2.59 bits per heavy atom. The van der Waals surface area contributed by atoms with E-state index in [2.05, 4.69) is 10.4 Å². The van der Waals surface area contributed by atoms with Crippen LogP contribution in [0.1, 0.15) is 22.1 Å². The Hall–Kier alpha value is -4.63. The molecule has 0 aliphatic heterocycles. The third kappa shape index (κ3) is 5.96. The molecule has 0 radical (unpaired) electrons. The summed E-state index contributed by atoms with van der Waals surface area (Å²) in [5, 5.41) is 15.6. The number of hydrogen-bond donors (Lipinski definition) is 3. The average Bonchev–Trinajstić information content (AvgIpc) is 3.59. The van der Waals surface area contributed by atoms with Crippen molar-refractivity contribution in [3.8, 4) is 5.75 Å². The number of nitrogens with zero attached hydrogens (tertiary/aromatic N) is 2. The fourth-order valence-electron chi connectivity index (χ4n) is 3.87. The van der Waals surface area contributed by atoms with Crippen LogP contribution < -0.4 is 15.8 Å². The van der Waals surface area contributed by atoms with E-state index in [1.807, 2.05) is 95.8 Å². The highest BCUT2D eigenvalue weighted by molar-refractivity contribution is 7.20. The molecule has 0 aliphatic carbocycles. The number of nitrogens with two attached hydrogens (primary N) is 1. The van der Waals surface area contributed by atoms with Gasteiger partial charge in [-0.3, -0.25) is 15.4 Å². The number of amidine groups is 1. The molecule has 0 spiro atoms. The van der Waals surface area contributed by atoms with Crippen molar-refractivity contribution in [2.75, 3.05) is 11.9 Å². The van der Waals surface area contributed by atoms with Crippen LogP contribution in [0.4, 0.5) is 10.5 Å². The molecule has 1 unspecified atom stereocenters. The van der Waals surface area contributed by atoms with E-state index < -0.39 is 12.2 Å². The lowest BCUT2D eigenvalue weighted by Crippen LogP contribution is -2.21. The van der Waals surface area contributed by atoms with Gasteiger partial charge in [0.1, 0.15) is 18.2 Å². The highest BCUT2D eigenvalue weighted by Crippen LogP contribution is 2.35. The number of fused-ring (bicyclic) bond motifs is 1. The zero-order valence-corrected chi connectivity index (χ0v) is 20.7. The average molecular weight is 512 g/mol. The molecule has 2 heterocycles. The van der Waals surface area contributed by atoms with E-state index in [0.717, 1.165) is 21.2 Å². The Kier molecular flexibility index (Phi) is 7.14. The molecule has 5 aromatic rings. The predicted molar refractivity (Wildman–Crippen MR) is 145 cm³/mol. The SMILES string of the molecule is N=C(N)c1cc2c(OC(COC(=O)Nc3ccc(Cn4cccn4)cc3)c3ccccc3)cccc2s1. The van der Waals surface area contributed by atoms with Crippen LogP contribution in [0.5, 0.6) is 5.75 Å². The summed E-state index contributed by atoms with van der Waals surface area (Å²) in [5.74, 6) is 0.646. The molecule has 3 aromatic carbocycles. The van der Waals surface area contributed by atoms with Crippen LogP contribution in [0.15, 0.2) is 97.3 Å². The Labute approximate surface area is 217 Å². The van der Waals surface area contributed by atoms with E-state index in [4.69, 9.17) is 20.6 Å². The van der Waals surface area contributed by atoms with Gasteiger partial charge < -0.3 is 15.2 Å². The van der Waals surface area contributed by atoms with E-state index >= 15 is 0 Å². The molecule has 0 saturated carbocycles. The molecule has 0 fully saturated rings. The van der Waals surface area contributed by atoms with Crippen LogP contribution in [-0.4, -0.2) is 28.3 Å². The van der Waals surface area contributed by atoms with Crippen molar-refractivity contribution in [2.45, 2.75) is 12.6 Å². The second-order valence-corrected chi connectivity index (χ2v) is 9.42. The van der Waals surface area contributed by atoms with Gasteiger partial charge in [-0.1, -0.05) is 48.5 Å². The first kappa shape index (κ1) is 24.1. The number of anilines is 1. The monoisotopic (exact) mass is 511 g/mol. The van der Waals surface area contributed by atoms with Gasteiger partial charge in [0.25, 0.3) is 0 Å². The first-order valence-electron chi connectivity index (χ1n) is 11.6. The fourth-order valence-corrected chi connectivity index (χ4v) is 4.81. The number of carbonyl (C=O) groups excluding carboxylic acids is 1. The maximum Gasteiger partial charge on any atom is 0.411 e. The summed E-state index contributed by atoms with van der Waals surface area (Å²) in [7, 11) is 0. The van der Waals surface area contributed by atoms with Gasteiger partial charge in [0.2, 0.25) is 0 Å². The van der Waals surface area contributed by atoms with E-state index in [9.17, 15) is 4.79 Å². The normalized spacial score (nSPS) is 11.7. The number of nitrogens with one attached hydrogen (secondary N) is 2. The Bertz CT molecular complexity index is 1500. The number of thiophene rings is 1. The number of hydrogen-bond acceptors (Lipinski definition) is 6. The van der Waals surface area contributed by atoms with Crippen molar-refractivity contribution in [2.24, 2.45) is 5.73 Å². The van der Waals surface area contributed by atoms with E-state index in [-0.39, 0.29) is 12.4 Å². The number of nitrogen functional groups attached to an aromatic ring is 1. The largest absolute Gasteiger partial charge is 0.481 e. The summed E-state index contributed by atoms with van der Waals surface area (Å²) in [4.78, 5) is 13.3. The van der Waals surface area contributed by atoms with Crippen molar-refractivity contribution in [3.63, 3.8) is 0 Å². The number of carbonyl (C=O) groups is 1. The van der Waals surface area contributed by atoms with E-state index in [0.29, 0.717) is 22.9 Å². The lowest BCUT2D eigenvalue weighted by Gasteiger charge is -2.20. The van der Waals surface area contributed by atoms with Crippen LogP contribution in [0.25, 0.3) is 10.1 Å². The van der Waals surface area contributed by atoms with Gasteiger partial charge in [-0.05, 0) is 47.5 Å². The summed E-state index contributed by atoms with van der Waals surface area (Å²) in [5.41, 5.74) is 8.26. The summed E-state index contributed by atoms with van der Waals surface area (Å²) < 4.78 is 14.7. The van der Waals surface area contributed by atoms with Gasteiger partial charge in [-0.2, -0.15) is 5.10 Å². The smallest absolute Gasteiger partial charge is 0.411 e. The maximum absolute atomic E-state index is 12.6. The highest BCUT2D eigenvalue weighted by atomic mass is 32.1. The maximum atomic E-state index is 12.6. The number of ether oxygens (including phenoxy) is 2. The topological polar surface area (TPSA) is 115 Å². The van der Waals surface area contributed by atoms with E-state index in [1.54, 1.807) is 6.20 Å². The van der Waals surface area contributed by atoms with Gasteiger partial charge >= 0.3 is 6.09 Å². The molecule has 1 amide bonds. The molecular formula is C28H25N5O3S. The molecular weight excluding hydrogens is 486 g/mol. The lowest BCUT2D eigenvalue weighted by atomic mass is 10.1. The summed E-state index contributed by atoms with van der Waals surface area (Å²) in [6, 6.07) is 26.6. The zero-order valence-electron chi connectivity index (χ0n) is 19.8. The molecule has 0 bridgehead atoms. The lowest BCUT2D eigenvalue weighted by molar-refractivity contribution is 0.0910. The summed E-state index contributed by atoms with van der Waals surface area (Å²) in [6.45, 7) is 0.659. The summed E-state index contributed by atoms with van der Waals surface area (Å²) in [6.07, 6.45) is 2.53.